The van der Waals surface area contributed by atoms with Crippen LogP contribution < -0.4 is 16.6 Å². The summed E-state index contributed by atoms with van der Waals surface area (Å²) >= 11 is 0. The van der Waals surface area contributed by atoms with Crippen molar-refractivity contribution in [3.8, 4) is 11.1 Å². The Morgan fingerprint density at radius 3 is 2.47 bits per heavy atom. The Kier molecular flexibility index (Phi) is 6.83. The molecule has 38 heavy (non-hydrogen) atoms. The molecule has 0 atom stereocenters. The smallest absolute Gasteiger partial charge is 0.331 e. The van der Waals surface area contributed by atoms with Gasteiger partial charge in [-0.2, -0.15) is 0 Å². The van der Waals surface area contributed by atoms with Gasteiger partial charge in [-0.05, 0) is 37.0 Å². The van der Waals surface area contributed by atoms with Gasteiger partial charge in [-0.3, -0.25) is 18.7 Å². The normalized spacial score (nSPS) is 16.1. The standard InChI is InChI=1S/C27H27F2N5O4/c1-31-25(36)20(19-6-4-7-21(28)24(19)29)15-33(27(31)38)16-23(35)32-12-10-18(11-13-32)34-14-9-17-5-2-3-8-22(17)30-26(34)37/h2-8,15,18H,9-14,16H2,1H3,(H,30,37). The predicted molar refractivity (Wildman–Crippen MR) is 137 cm³/mol. The third-order valence-electron chi connectivity index (χ3n) is 7.30. The molecule has 0 radical (unpaired) electrons. The first-order valence-electron chi connectivity index (χ1n) is 12.4. The van der Waals surface area contributed by atoms with Gasteiger partial charge in [0.15, 0.2) is 11.6 Å². The molecule has 2 aromatic carbocycles. The Hall–Kier alpha value is -4.28. The molecule has 3 amide bonds. The summed E-state index contributed by atoms with van der Waals surface area (Å²) < 4.78 is 30.0. The van der Waals surface area contributed by atoms with Crippen molar-refractivity contribution in [2.75, 3.05) is 25.0 Å². The van der Waals surface area contributed by atoms with Crippen molar-refractivity contribution in [3.05, 3.63) is 86.7 Å². The first kappa shape index (κ1) is 25.4. The van der Waals surface area contributed by atoms with E-state index < -0.39 is 22.9 Å². The van der Waals surface area contributed by atoms with Crippen molar-refractivity contribution >= 4 is 17.6 Å². The topological polar surface area (TPSA) is 96.7 Å². The van der Waals surface area contributed by atoms with Gasteiger partial charge in [-0.25, -0.2) is 18.4 Å². The summed E-state index contributed by atoms with van der Waals surface area (Å²) in [6.45, 7) is 1.01. The number of urea groups is 1. The highest BCUT2D eigenvalue weighted by Gasteiger charge is 2.31. The molecule has 2 aliphatic heterocycles. The molecule has 5 rings (SSSR count). The van der Waals surface area contributed by atoms with Gasteiger partial charge >= 0.3 is 11.7 Å². The number of amides is 3. The lowest BCUT2D eigenvalue weighted by atomic mass is 10.0. The average Bonchev–Trinajstić information content (AvgIpc) is 3.09. The van der Waals surface area contributed by atoms with E-state index in [4.69, 9.17) is 0 Å². The maximum Gasteiger partial charge on any atom is 0.331 e. The van der Waals surface area contributed by atoms with Crippen LogP contribution in [0.1, 0.15) is 18.4 Å². The molecule has 1 fully saturated rings. The number of rotatable bonds is 4. The number of likely N-dealkylation sites (tertiary alicyclic amines) is 1. The molecule has 3 aromatic rings. The predicted octanol–water partition coefficient (Wildman–Crippen LogP) is 2.57. The molecule has 1 aromatic heterocycles. The molecular weight excluding hydrogens is 496 g/mol. The van der Waals surface area contributed by atoms with Crippen LogP contribution in [-0.2, 0) is 24.8 Å². The van der Waals surface area contributed by atoms with Gasteiger partial charge in [0, 0.05) is 50.2 Å². The highest BCUT2D eigenvalue weighted by molar-refractivity contribution is 5.91. The van der Waals surface area contributed by atoms with Gasteiger partial charge in [0.1, 0.15) is 6.54 Å². The number of piperidine rings is 1. The zero-order chi connectivity index (χ0) is 27.0. The maximum atomic E-state index is 14.4. The van der Waals surface area contributed by atoms with Crippen LogP contribution in [-0.4, -0.2) is 56.5 Å². The third-order valence-corrected chi connectivity index (χ3v) is 7.30. The summed E-state index contributed by atoms with van der Waals surface area (Å²) in [7, 11) is 1.22. The van der Waals surface area contributed by atoms with Crippen LogP contribution in [0.15, 0.2) is 58.3 Å². The maximum absolute atomic E-state index is 14.4. The van der Waals surface area contributed by atoms with E-state index in [1.807, 2.05) is 29.2 Å². The Bertz CT molecular complexity index is 1520. The highest BCUT2D eigenvalue weighted by atomic mass is 19.2. The largest absolute Gasteiger partial charge is 0.341 e. The molecule has 1 saturated heterocycles. The first-order valence-corrected chi connectivity index (χ1v) is 12.4. The van der Waals surface area contributed by atoms with E-state index in [9.17, 15) is 28.0 Å². The lowest BCUT2D eigenvalue weighted by molar-refractivity contribution is -0.133. The Morgan fingerprint density at radius 1 is 0.974 bits per heavy atom. The third kappa shape index (κ3) is 4.71. The first-order chi connectivity index (χ1) is 18.2. The number of para-hydroxylation sites is 1. The SMILES string of the molecule is Cn1c(=O)c(-c2cccc(F)c2F)cn(CC(=O)N2CCC(N3CCc4ccccc4NC3=O)CC2)c1=O. The summed E-state index contributed by atoms with van der Waals surface area (Å²) in [5.41, 5.74) is -0.139. The van der Waals surface area contributed by atoms with Crippen molar-refractivity contribution in [2.45, 2.75) is 31.8 Å². The minimum absolute atomic E-state index is 0.0313. The fourth-order valence-electron chi connectivity index (χ4n) is 5.15. The zero-order valence-corrected chi connectivity index (χ0v) is 20.8. The molecule has 1 N–H and O–H groups in total. The molecule has 0 unspecified atom stereocenters. The quantitative estimate of drug-likeness (QED) is 0.569. The van der Waals surface area contributed by atoms with E-state index in [0.717, 1.165) is 39.1 Å². The average molecular weight is 524 g/mol. The van der Waals surface area contributed by atoms with Gasteiger partial charge in [0.2, 0.25) is 5.91 Å². The molecule has 0 saturated carbocycles. The number of hydrogen-bond acceptors (Lipinski definition) is 4. The van der Waals surface area contributed by atoms with Crippen LogP contribution >= 0.6 is 0 Å². The summed E-state index contributed by atoms with van der Waals surface area (Å²) in [4.78, 5) is 54.7. The molecule has 0 spiro atoms. The van der Waals surface area contributed by atoms with E-state index >= 15 is 0 Å². The van der Waals surface area contributed by atoms with E-state index in [0.29, 0.717) is 32.5 Å². The molecular formula is C27H27F2N5O4. The molecule has 9 nitrogen and oxygen atoms in total. The Morgan fingerprint density at radius 2 is 1.71 bits per heavy atom. The second-order valence-corrected chi connectivity index (χ2v) is 9.56. The molecule has 0 aliphatic carbocycles. The highest BCUT2D eigenvalue weighted by Crippen LogP contribution is 2.25. The van der Waals surface area contributed by atoms with Crippen LogP contribution in [0.5, 0.6) is 0 Å². The van der Waals surface area contributed by atoms with E-state index in [2.05, 4.69) is 5.32 Å². The number of nitrogens with zero attached hydrogens (tertiary/aromatic N) is 4. The van der Waals surface area contributed by atoms with Crippen molar-refractivity contribution < 1.29 is 18.4 Å². The van der Waals surface area contributed by atoms with Gasteiger partial charge in [-0.1, -0.05) is 30.3 Å². The lowest BCUT2D eigenvalue weighted by Gasteiger charge is -2.38. The van der Waals surface area contributed by atoms with Crippen molar-refractivity contribution in [2.24, 2.45) is 7.05 Å². The van der Waals surface area contributed by atoms with Gasteiger partial charge in [-0.15, -0.1) is 0 Å². The number of halogens is 2. The number of benzene rings is 2. The second kappa shape index (κ2) is 10.2. The number of aromatic nitrogens is 2. The number of carbonyl (C=O) groups excluding carboxylic acids is 2. The molecule has 198 valence electrons. The zero-order valence-electron chi connectivity index (χ0n) is 20.8. The second-order valence-electron chi connectivity index (χ2n) is 9.56. The summed E-state index contributed by atoms with van der Waals surface area (Å²) in [5, 5.41) is 2.97. The Balaban J connectivity index is 1.28. The summed E-state index contributed by atoms with van der Waals surface area (Å²) in [6, 6.07) is 11.0. The van der Waals surface area contributed by atoms with Gasteiger partial charge in [0.05, 0.1) is 5.56 Å². The van der Waals surface area contributed by atoms with E-state index in [1.54, 1.807) is 4.90 Å². The number of anilines is 1. The molecule has 2 aliphatic rings. The monoisotopic (exact) mass is 523 g/mol. The summed E-state index contributed by atoms with van der Waals surface area (Å²) in [6.07, 6.45) is 3.00. The lowest BCUT2D eigenvalue weighted by Crippen LogP contribution is -2.51. The van der Waals surface area contributed by atoms with Crippen molar-refractivity contribution in [1.82, 2.24) is 18.9 Å². The fraction of sp³-hybridized carbons (Fsp3) is 0.333. The Labute approximate surface area is 216 Å². The van der Waals surface area contributed by atoms with Crippen LogP contribution in [0.3, 0.4) is 0 Å². The minimum atomic E-state index is -1.20. The number of carbonyl (C=O) groups is 2. The molecule has 0 bridgehead atoms. The van der Waals surface area contributed by atoms with Crippen LogP contribution in [0.4, 0.5) is 19.3 Å². The number of fused-ring (bicyclic) bond motifs is 1. The van der Waals surface area contributed by atoms with Crippen molar-refractivity contribution in [1.29, 1.82) is 0 Å². The van der Waals surface area contributed by atoms with E-state index in [1.165, 1.54) is 19.2 Å². The molecule has 3 heterocycles. The van der Waals surface area contributed by atoms with E-state index in [-0.39, 0.29) is 35.7 Å². The van der Waals surface area contributed by atoms with Gasteiger partial charge < -0.3 is 15.1 Å². The van der Waals surface area contributed by atoms with Crippen LogP contribution in [0.25, 0.3) is 11.1 Å². The molecule has 11 heteroatoms. The number of hydrogen-bond donors (Lipinski definition) is 1. The number of nitrogens with one attached hydrogen (secondary N) is 1. The minimum Gasteiger partial charge on any atom is -0.341 e. The van der Waals surface area contributed by atoms with Crippen LogP contribution in [0.2, 0.25) is 0 Å². The van der Waals surface area contributed by atoms with Gasteiger partial charge in [0.25, 0.3) is 5.56 Å². The van der Waals surface area contributed by atoms with Crippen molar-refractivity contribution in [3.63, 3.8) is 0 Å². The fourth-order valence-corrected chi connectivity index (χ4v) is 5.15. The van der Waals surface area contributed by atoms with Crippen LogP contribution in [0, 0.1) is 11.6 Å². The summed E-state index contributed by atoms with van der Waals surface area (Å²) in [5.74, 6) is -2.67.